The molecule has 28 heavy (non-hydrogen) atoms. The van der Waals surface area contributed by atoms with Crippen molar-refractivity contribution in [2.75, 3.05) is 27.2 Å². The first-order chi connectivity index (χ1) is 13.5. The molecule has 2 unspecified atom stereocenters. The van der Waals surface area contributed by atoms with Gasteiger partial charge in [0.2, 0.25) is 0 Å². The molecule has 5 atom stereocenters. The number of piperidine rings is 1. The molecule has 0 amide bonds. The van der Waals surface area contributed by atoms with E-state index in [0.29, 0.717) is 11.5 Å². The van der Waals surface area contributed by atoms with Gasteiger partial charge in [-0.3, -0.25) is 0 Å². The van der Waals surface area contributed by atoms with Crippen LogP contribution in [0.15, 0.2) is 12.1 Å². The molecule has 0 radical (unpaired) electrons. The first kappa shape index (κ1) is 18.7. The van der Waals surface area contributed by atoms with Crippen molar-refractivity contribution in [3.63, 3.8) is 0 Å². The Morgan fingerprint density at radius 1 is 1.36 bits per heavy atom. The second-order valence-corrected chi connectivity index (χ2v) is 9.13. The smallest absolute Gasteiger partial charge is 0.299 e. The van der Waals surface area contributed by atoms with Gasteiger partial charge in [0.25, 0.3) is 11.0 Å². The second kappa shape index (κ2) is 6.32. The molecule has 1 spiro atoms. The maximum Gasteiger partial charge on any atom is 0.299 e. The van der Waals surface area contributed by atoms with Gasteiger partial charge in [0.15, 0.2) is 11.5 Å². The highest BCUT2D eigenvalue weighted by Crippen LogP contribution is 2.66. The fourth-order valence-electron chi connectivity index (χ4n) is 6.75. The van der Waals surface area contributed by atoms with E-state index in [1.54, 1.807) is 6.07 Å². The van der Waals surface area contributed by atoms with Gasteiger partial charge in [-0.1, -0.05) is 13.0 Å². The molecule has 154 valence electrons. The highest BCUT2D eigenvalue weighted by molar-refractivity contribution is 7.67. The minimum absolute atomic E-state index is 0.0966. The van der Waals surface area contributed by atoms with Gasteiger partial charge in [-0.15, -0.1) is 0 Å². The molecule has 2 aliphatic heterocycles. The summed E-state index contributed by atoms with van der Waals surface area (Å²) in [5, 5.41) is 3.61. The third-order valence-corrected chi connectivity index (χ3v) is 8.02. The summed E-state index contributed by atoms with van der Waals surface area (Å²) in [7, 11) is 1.02. The summed E-state index contributed by atoms with van der Waals surface area (Å²) in [5.74, 6) is 0.909. The first-order valence-electron chi connectivity index (χ1n) is 10.1. The number of nitrogens with zero attached hydrogens (tertiary/aromatic N) is 1. The summed E-state index contributed by atoms with van der Waals surface area (Å²) in [4.78, 5) is 2.43. The lowest BCUT2D eigenvalue weighted by Crippen LogP contribution is -2.78. The van der Waals surface area contributed by atoms with Crippen molar-refractivity contribution < 1.29 is 22.1 Å². The van der Waals surface area contributed by atoms with Gasteiger partial charge in [0.1, 0.15) is 6.10 Å². The van der Waals surface area contributed by atoms with Crippen LogP contribution in [0.5, 0.6) is 11.5 Å². The normalized spacial score (nSPS) is 38.2. The molecule has 1 N–H and O–H groups in total. The number of thiol groups is 1. The average molecular weight is 409 g/mol. The van der Waals surface area contributed by atoms with Crippen LogP contribution in [0, 0.1) is 0 Å². The van der Waals surface area contributed by atoms with E-state index in [2.05, 4.69) is 24.2 Å². The predicted molar refractivity (Wildman–Crippen MR) is 105 cm³/mol. The van der Waals surface area contributed by atoms with E-state index in [9.17, 15) is 8.42 Å². The highest BCUT2D eigenvalue weighted by Gasteiger charge is 2.73. The van der Waals surface area contributed by atoms with Crippen molar-refractivity contribution in [1.29, 1.82) is 0 Å². The molecule has 1 saturated heterocycles. The molecule has 2 aliphatic carbocycles. The first-order valence-corrected chi connectivity index (χ1v) is 11.2. The molecular formula is C20H28N2O5S. The Morgan fingerprint density at radius 2 is 2.18 bits per heavy atom. The second-order valence-electron chi connectivity index (χ2n) is 8.50. The molecule has 2 fully saturated rings. The summed E-state index contributed by atoms with van der Waals surface area (Å²) in [6.45, 7) is 3.94. The summed E-state index contributed by atoms with van der Waals surface area (Å²) < 4.78 is 40.8. The SMILES string of the molecule is CCNC1CC[C@@]2(OC)[C@H]3Cc4ccc(O[SH](=O)=O)c5c4[C@@]2(CCN3C)C1O5. The fourth-order valence-corrected chi connectivity index (χ4v) is 7.06. The quantitative estimate of drug-likeness (QED) is 0.704. The van der Waals surface area contributed by atoms with Crippen LogP contribution in [0.25, 0.3) is 0 Å². The van der Waals surface area contributed by atoms with E-state index < -0.39 is 11.0 Å². The highest BCUT2D eigenvalue weighted by atomic mass is 32.2. The zero-order valence-electron chi connectivity index (χ0n) is 16.6. The third kappa shape index (κ3) is 2.12. The lowest BCUT2D eigenvalue weighted by molar-refractivity contribution is -0.203. The fraction of sp³-hybridized carbons (Fsp3) is 0.700. The Morgan fingerprint density at radius 3 is 2.89 bits per heavy atom. The van der Waals surface area contributed by atoms with Crippen LogP contribution in [-0.4, -0.2) is 64.4 Å². The lowest BCUT2D eigenvalue weighted by atomic mass is 9.48. The van der Waals surface area contributed by atoms with Gasteiger partial charge in [-0.05, 0) is 57.5 Å². The van der Waals surface area contributed by atoms with Gasteiger partial charge in [-0.2, -0.15) is 8.42 Å². The van der Waals surface area contributed by atoms with E-state index >= 15 is 0 Å². The maximum atomic E-state index is 11.3. The van der Waals surface area contributed by atoms with Crippen molar-refractivity contribution >= 4 is 11.0 Å². The molecule has 0 aromatic heterocycles. The van der Waals surface area contributed by atoms with Crippen LogP contribution in [0.1, 0.15) is 37.3 Å². The molecule has 1 aromatic carbocycles. The molecule has 4 aliphatic rings. The lowest BCUT2D eigenvalue weighted by Gasteiger charge is -2.65. The number of likely N-dealkylation sites (tertiary alicyclic amines) is 1. The number of nitrogens with one attached hydrogen (secondary N) is 1. The largest absolute Gasteiger partial charge is 0.483 e. The summed E-state index contributed by atoms with van der Waals surface area (Å²) in [6.07, 6.45) is 3.62. The monoisotopic (exact) mass is 408 g/mol. The van der Waals surface area contributed by atoms with Crippen molar-refractivity contribution in [2.24, 2.45) is 0 Å². The minimum atomic E-state index is -3.00. The number of hydrogen-bond acceptors (Lipinski definition) is 7. The van der Waals surface area contributed by atoms with E-state index in [-0.39, 0.29) is 29.2 Å². The Kier molecular flexibility index (Phi) is 4.21. The number of methoxy groups -OCH3 is 1. The topological polar surface area (TPSA) is 77.1 Å². The average Bonchev–Trinajstić information content (AvgIpc) is 3.03. The Balaban J connectivity index is 1.77. The number of ether oxygens (including phenoxy) is 2. The van der Waals surface area contributed by atoms with Gasteiger partial charge in [0, 0.05) is 24.8 Å². The van der Waals surface area contributed by atoms with Crippen LogP contribution in [0.4, 0.5) is 0 Å². The number of benzene rings is 1. The number of hydrogen-bond donors (Lipinski definition) is 2. The zero-order valence-corrected chi connectivity index (χ0v) is 17.5. The van der Waals surface area contributed by atoms with E-state index in [4.69, 9.17) is 13.7 Å². The summed E-state index contributed by atoms with van der Waals surface area (Å²) in [5.41, 5.74) is 1.72. The van der Waals surface area contributed by atoms with E-state index in [1.165, 1.54) is 5.56 Å². The standard InChI is InChI=1S/C20H28N2O5S/c1-4-21-13-7-8-20(25-3)15-11-12-5-6-14(27-28(23)24)17-16(12)19(20,18(13)26-17)9-10-22(15)2/h5-6,13,15,18,21,28H,4,7-11H2,1-3H3/t13?,15-,18?,19+,20-/m1/s1. The van der Waals surface area contributed by atoms with Gasteiger partial charge in [0.05, 0.1) is 11.0 Å². The van der Waals surface area contributed by atoms with Crippen molar-refractivity contribution in [3.8, 4) is 11.5 Å². The van der Waals surface area contributed by atoms with Crippen LogP contribution < -0.4 is 14.2 Å². The number of likely N-dealkylation sites (N-methyl/N-ethyl adjacent to an activating group) is 2. The van der Waals surface area contributed by atoms with E-state index in [0.717, 1.165) is 44.3 Å². The maximum absolute atomic E-state index is 11.3. The molecule has 2 heterocycles. The zero-order chi connectivity index (χ0) is 19.7. The predicted octanol–water partition coefficient (Wildman–Crippen LogP) is 1.01. The van der Waals surface area contributed by atoms with Crippen LogP contribution in [0.3, 0.4) is 0 Å². The summed E-state index contributed by atoms with van der Waals surface area (Å²) in [6, 6.07) is 4.24. The van der Waals surface area contributed by atoms with Crippen molar-refractivity contribution in [1.82, 2.24) is 10.2 Å². The molecule has 1 aromatic rings. The molecule has 5 rings (SSSR count). The van der Waals surface area contributed by atoms with Gasteiger partial charge < -0.3 is 23.9 Å². The molecule has 8 heteroatoms. The third-order valence-electron chi connectivity index (χ3n) is 7.68. The molecule has 2 bridgehead atoms. The number of rotatable bonds is 5. The minimum Gasteiger partial charge on any atom is -0.483 e. The van der Waals surface area contributed by atoms with Gasteiger partial charge >= 0.3 is 0 Å². The van der Waals surface area contributed by atoms with Gasteiger partial charge in [-0.25, -0.2) is 0 Å². The summed E-state index contributed by atoms with van der Waals surface area (Å²) >= 11 is 0. The van der Waals surface area contributed by atoms with Crippen molar-refractivity contribution in [2.45, 2.75) is 61.8 Å². The Hall–Kier alpha value is -1.35. The molecule has 1 saturated carbocycles. The van der Waals surface area contributed by atoms with Crippen LogP contribution in [0.2, 0.25) is 0 Å². The molecule has 7 nitrogen and oxygen atoms in total. The van der Waals surface area contributed by atoms with Crippen molar-refractivity contribution in [3.05, 3.63) is 23.3 Å². The Bertz CT molecular complexity index is 882. The van der Waals surface area contributed by atoms with E-state index in [1.807, 2.05) is 13.2 Å². The van der Waals surface area contributed by atoms with Crippen LogP contribution >= 0.6 is 0 Å². The Labute approximate surface area is 167 Å². The van der Waals surface area contributed by atoms with Crippen LogP contribution in [-0.2, 0) is 27.6 Å². The molecular weight excluding hydrogens is 380 g/mol.